The second-order valence-electron chi connectivity index (χ2n) is 4.60. The third kappa shape index (κ3) is 2.80. The van der Waals surface area contributed by atoms with Gasteiger partial charge in [-0.3, -0.25) is 0 Å². The van der Waals surface area contributed by atoms with E-state index in [1.165, 1.54) is 29.5 Å². The molecule has 2 heteroatoms. The first kappa shape index (κ1) is 10.7. The SMILES string of the molecule is Cc1cc(C)cc(C(CO)NC2CC2)c1. The number of hydrogen-bond donors (Lipinski definition) is 2. The van der Waals surface area contributed by atoms with Crippen LogP contribution in [-0.4, -0.2) is 17.8 Å². The van der Waals surface area contributed by atoms with Gasteiger partial charge in [-0.1, -0.05) is 29.3 Å². The second-order valence-corrected chi connectivity index (χ2v) is 4.60. The summed E-state index contributed by atoms with van der Waals surface area (Å²) in [4.78, 5) is 0. The van der Waals surface area contributed by atoms with Gasteiger partial charge in [-0.2, -0.15) is 0 Å². The number of aliphatic hydroxyl groups is 1. The van der Waals surface area contributed by atoms with Gasteiger partial charge in [0.25, 0.3) is 0 Å². The Balaban J connectivity index is 2.16. The molecule has 15 heavy (non-hydrogen) atoms. The van der Waals surface area contributed by atoms with E-state index in [0.29, 0.717) is 6.04 Å². The highest BCUT2D eigenvalue weighted by Gasteiger charge is 2.24. The van der Waals surface area contributed by atoms with Gasteiger partial charge in [-0.05, 0) is 32.3 Å². The third-order valence-corrected chi connectivity index (χ3v) is 2.84. The lowest BCUT2D eigenvalue weighted by atomic mass is 10.0. The summed E-state index contributed by atoms with van der Waals surface area (Å²) in [6.07, 6.45) is 2.50. The molecule has 2 rings (SSSR count). The number of rotatable bonds is 4. The summed E-state index contributed by atoms with van der Waals surface area (Å²) in [6.45, 7) is 4.38. The summed E-state index contributed by atoms with van der Waals surface area (Å²) < 4.78 is 0. The van der Waals surface area contributed by atoms with Crippen LogP contribution >= 0.6 is 0 Å². The molecule has 0 heterocycles. The van der Waals surface area contributed by atoms with Crippen molar-refractivity contribution < 1.29 is 5.11 Å². The molecule has 0 aromatic heterocycles. The molecule has 1 aromatic rings. The third-order valence-electron chi connectivity index (χ3n) is 2.84. The summed E-state index contributed by atoms with van der Waals surface area (Å²) in [5, 5.41) is 12.8. The van der Waals surface area contributed by atoms with Gasteiger partial charge in [0.1, 0.15) is 0 Å². The van der Waals surface area contributed by atoms with Gasteiger partial charge < -0.3 is 10.4 Å². The molecule has 1 unspecified atom stereocenters. The fourth-order valence-corrected chi connectivity index (χ4v) is 2.00. The van der Waals surface area contributed by atoms with Gasteiger partial charge in [0.2, 0.25) is 0 Å². The first-order chi connectivity index (χ1) is 7.19. The van der Waals surface area contributed by atoms with E-state index in [1.807, 2.05) is 0 Å². The Bertz CT molecular complexity index is 324. The van der Waals surface area contributed by atoms with Crippen molar-refractivity contribution in [2.75, 3.05) is 6.61 Å². The van der Waals surface area contributed by atoms with Crippen molar-refractivity contribution in [2.24, 2.45) is 0 Å². The van der Waals surface area contributed by atoms with Gasteiger partial charge in [0, 0.05) is 6.04 Å². The van der Waals surface area contributed by atoms with Crippen LogP contribution in [0, 0.1) is 13.8 Å². The fourth-order valence-electron chi connectivity index (χ4n) is 2.00. The highest BCUT2D eigenvalue weighted by Crippen LogP contribution is 2.24. The normalized spacial score (nSPS) is 17.8. The summed E-state index contributed by atoms with van der Waals surface area (Å²) in [5.41, 5.74) is 3.74. The van der Waals surface area contributed by atoms with Crippen LogP contribution in [0.5, 0.6) is 0 Å². The maximum atomic E-state index is 9.38. The molecule has 0 aliphatic heterocycles. The monoisotopic (exact) mass is 205 g/mol. The zero-order valence-electron chi connectivity index (χ0n) is 9.46. The number of aryl methyl sites for hydroxylation is 2. The summed E-state index contributed by atoms with van der Waals surface area (Å²) in [6, 6.07) is 7.21. The molecule has 2 N–H and O–H groups in total. The van der Waals surface area contributed by atoms with E-state index in [1.54, 1.807) is 0 Å². The van der Waals surface area contributed by atoms with Gasteiger partial charge in [0.05, 0.1) is 12.6 Å². The summed E-state index contributed by atoms with van der Waals surface area (Å²) >= 11 is 0. The maximum Gasteiger partial charge on any atom is 0.0626 e. The zero-order valence-corrected chi connectivity index (χ0v) is 9.46. The molecule has 1 aliphatic rings. The predicted octanol–water partition coefficient (Wildman–Crippen LogP) is 2.09. The lowest BCUT2D eigenvalue weighted by Crippen LogP contribution is -2.26. The molecule has 0 saturated heterocycles. The maximum absolute atomic E-state index is 9.38. The highest BCUT2D eigenvalue weighted by atomic mass is 16.3. The van der Waals surface area contributed by atoms with Gasteiger partial charge in [-0.25, -0.2) is 0 Å². The van der Waals surface area contributed by atoms with Crippen molar-refractivity contribution in [3.8, 4) is 0 Å². The first-order valence-electron chi connectivity index (χ1n) is 5.64. The molecular weight excluding hydrogens is 186 g/mol. The van der Waals surface area contributed by atoms with Crippen LogP contribution in [0.25, 0.3) is 0 Å². The molecule has 1 fully saturated rings. The Labute approximate surface area is 91.3 Å². The van der Waals surface area contributed by atoms with Gasteiger partial charge in [0.15, 0.2) is 0 Å². The Hall–Kier alpha value is -0.860. The fraction of sp³-hybridized carbons (Fsp3) is 0.538. The Morgan fingerprint density at radius 1 is 1.27 bits per heavy atom. The molecular formula is C13H19NO. The summed E-state index contributed by atoms with van der Waals surface area (Å²) in [5.74, 6) is 0. The van der Waals surface area contributed by atoms with Crippen molar-refractivity contribution in [3.05, 3.63) is 34.9 Å². The molecule has 1 aromatic carbocycles. The van der Waals surface area contributed by atoms with Gasteiger partial charge in [-0.15, -0.1) is 0 Å². The van der Waals surface area contributed by atoms with Crippen LogP contribution in [0.2, 0.25) is 0 Å². The second kappa shape index (κ2) is 4.33. The number of benzene rings is 1. The molecule has 0 spiro atoms. The number of hydrogen-bond acceptors (Lipinski definition) is 2. The van der Waals surface area contributed by atoms with Crippen LogP contribution in [0.3, 0.4) is 0 Å². The van der Waals surface area contributed by atoms with E-state index < -0.39 is 0 Å². The molecule has 0 amide bonds. The molecule has 0 bridgehead atoms. The summed E-state index contributed by atoms with van der Waals surface area (Å²) in [7, 11) is 0. The minimum absolute atomic E-state index is 0.107. The molecule has 82 valence electrons. The zero-order chi connectivity index (χ0) is 10.8. The van der Waals surface area contributed by atoms with E-state index in [4.69, 9.17) is 0 Å². The van der Waals surface area contributed by atoms with Crippen LogP contribution < -0.4 is 5.32 Å². The average molecular weight is 205 g/mol. The Morgan fingerprint density at radius 3 is 2.33 bits per heavy atom. The smallest absolute Gasteiger partial charge is 0.0626 e. The largest absolute Gasteiger partial charge is 0.394 e. The van der Waals surface area contributed by atoms with E-state index in [2.05, 4.69) is 37.4 Å². The number of nitrogens with one attached hydrogen (secondary N) is 1. The van der Waals surface area contributed by atoms with Crippen molar-refractivity contribution in [2.45, 2.75) is 38.8 Å². The minimum atomic E-state index is 0.107. The van der Waals surface area contributed by atoms with Crippen molar-refractivity contribution >= 4 is 0 Å². The molecule has 2 nitrogen and oxygen atoms in total. The number of aliphatic hydroxyl groups excluding tert-OH is 1. The molecule has 1 aliphatic carbocycles. The predicted molar refractivity (Wildman–Crippen MR) is 61.9 cm³/mol. The van der Waals surface area contributed by atoms with E-state index in [-0.39, 0.29) is 12.6 Å². The lowest BCUT2D eigenvalue weighted by molar-refractivity contribution is 0.243. The molecule has 0 radical (unpaired) electrons. The van der Waals surface area contributed by atoms with E-state index in [0.717, 1.165) is 0 Å². The van der Waals surface area contributed by atoms with Crippen molar-refractivity contribution in [1.29, 1.82) is 0 Å². The lowest BCUT2D eigenvalue weighted by Gasteiger charge is -2.17. The Kier molecular flexibility index (Phi) is 3.08. The van der Waals surface area contributed by atoms with Crippen molar-refractivity contribution in [3.63, 3.8) is 0 Å². The van der Waals surface area contributed by atoms with Gasteiger partial charge >= 0.3 is 0 Å². The molecule has 1 atom stereocenters. The molecule has 1 saturated carbocycles. The van der Waals surface area contributed by atoms with Crippen LogP contribution in [0.4, 0.5) is 0 Å². The Morgan fingerprint density at radius 2 is 1.87 bits per heavy atom. The standard InChI is InChI=1S/C13H19NO/c1-9-5-10(2)7-11(6-9)13(8-15)14-12-3-4-12/h5-7,12-15H,3-4,8H2,1-2H3. The van der Waals surface area contributed by atoms with Crippen molar-refractivity contribution in [1.82, 2.24) is 5.32 Å². The average Bonchev–Trinajstić information content (AvgIpc) is 2.96. The quantitative estimate of drug-likeness (QED) is 0.789. The highest BCUT2D eigenvalue weighted by molar-refractivity contribution is 5.31. The first-order valence-corrected chi connectivity index (χ1v) is 5.64. The van der Waals surface area contributed by atoms with Crippen LogP contribution in [-0.2, 0) is 0 Å². The van der Waals surface area contributed by atoms with Crippen LogP contribution in [0.15, 0.2) is 18.2 Å². The van der Waals surface area contributed by atoms with E-state index in [9.17, 15) is 5.11 Å². The minimum Gasteiger partial charge on any atom is -0.394 e. The van der Waals surface area contributed by atoms with E-state index >= 15 is 0 Å². The topological polar surface area (TPSA) is 32.3 Å². The van der Waals surface area contributed by atoms with Crippen LogP contribution in [0.1, 0.15) is 35.6 Å².